The number of nitrogens with zero attached hydrogens (tertiary/aromatic N) is 5. The Morgan fingerprint density at radius 3 is 1.82 bits per heavy atom. The molecule has 2 heterocycles. The summed E-state index contributed by atoms with van der Waals surface area (Å²) in [6, 6.07) is 64.6. The lowest BCUT2D eigenvalue weighted by Crippen LogP contribution is -2.68. The molecule has 2 fully saturated rings. The van der Waals surface area contributed by atoms with Gasteiger partial charge in [-0.2, -0.15) is 5.26 Å². The second-order valence-corrected chi connectivity index (χ2v) is 25.3. The molecule has 6 atom stereocenters. The predicted octanol–water partition coefficient (Wildman–Crippen LogP) is 12.6. The number of rotatable bonds is 20. The summed E-state index contributed by atoms with van der Waals surface area (Å²) in [6.45, 7) is 11.5. The first kappa shape index (κ1) is 51.7. The molecular formula is C64H69N5O4Si. The van der Waals surface area contributed by atoms with Crippen molar-refractivity contribution in [2.45, 2.75) is 115 Å². The Morgan fingerprint density at radius 2 is 1.31 bits per heavy atom. The summed E-state index contributed by atoms with van der Waals surface area (Å²) in [7, 11) is -2.95. The summed E-state index contributed by atoms with van der Waals surface area (Å²) in [5.74, 6) is 1.09. The minimum absolute atomic E-state index is 0.0202. The first-order valence-corrected chi connectivity index (χ1v) is 28.5. The zero-order valence-electron chi connectivity index (χ0n) is 43.5. The molecule has 0 spiro atoms. The molecule has 2 aliphatic rings. The normalized spacial score (nSPS) is 19.3. The number of unbranched alkanes of at least 4 members (excludes halogenated alkanes) is 1. The number of aromatic nitrogens is 4. The van der Waals surface area contributed by atoms with Crippen molar-refractivity contribution in [2.24, 2.45) is 17.8 Å². The molecule has 1 aliphatic heterocycles. The molecule has 1 unspecified atom stereocenters. The van der Waals surface area contributed by atoms with Gasteiger partial charge in [0.05, 0.1) is 23.3 Å². The smallest absolute Gasteiger partial charge is 0.338 e. The number of benzene rings is 6. The van der Waals surface area contributed by atoms with Crippen LogP contribution in [-0.4, -0.2) is 52.8 Å². The number of tetrazole rings is 1. The van der Waals surface area contributed by atoms with Crippen LogP contribution in [-0.2, 0) is 25.9 Å². The lowest BCUT2D eigenvalue weighted by atomic mass is 9.77. The van der Waals surface area contributed by atoms with Crippen LogP contribution in [0.25, 0.3) is 0 Å². The largest absolute Gasteiger partial charge is 0.493 e. The van der Waals surface area contributed by atoms with Gasteiger partial charge in [0.25, 0.3) is 8.32 Å². The number of carbonyl (C=O) groups excluding carboxylic acids is 1. The van der Waals surface area contributed by atoms with Crippen LogP contribution in [0.2, 0.25) is 5.04 Å². The van der Waals surface area contributed by atoms with Crippen LogP contribution in [0.3, 0.4) is 0 Å². The molecule has 0 amide bonds. The zero-order chi connectivity index (χ0) is 51.5. The van der Waals surface area contributed by atoms with Crippen molar-refractivity contribution in [1.29, 1.82) is 5.26 Å². The third kappa shape index (κ3) is 10.6. The molecule has 0 radical (unpaired) electrons. The highest BCUT2D eigenvalue weighted by Gasteiger charge is 2.53. The first-order chi connectivity index (χ1) is 36.1. The Bertz CT molecular complexity index is 2870. The number of esters is 1. The number of hydrogen-bond donors (Lipinski definition) is 0. The average Bonchev–Trinajstić information content (AvgIpc) is 4.16. The van der Waals surface area contributed by atoms with Crippen molar-refractivity contribution in [3.05, 3.63) is 234 Å². The van der Waals surface area contributed by atoms with Crippen molar-refractivity contribution in [2.75, 3.05) is 0 Å². The molecule has 1 saturated carbocycles. The van der Waals surface area contributed by atoms with Crippen molar-refractivity contribution < 1.29 is 18.7 Å². The minimum atomic E-state index is -2.95. The first-order valence-electron chi connectivity index (χ1n) is 26.5. The molecule has 1 aliphatic carbocycles. The number of ether oxygens (including phenoxy) is 2. The van der Waals surface area contributed by atoms with E-state index in [0.717, 1.165) is 41.7 Å². The van der Waals surface area contributed by atoms with Gasteiger partial charge in [0, 0.05) is 31.1 Å². The van der Waals surface area contributed by atoms with E-state index in [1.54, 1.807) is 12.1 Å². The number of carbonyl (C=O) groups is 1. The maximum Gasteiger partial charge on any atom is 0.338 e. The molecule has 0 bridgehead atoms. The van der Waals surface area contributed by atoms with E-state index in [2.05, 4.69) is 197 Å². The molecule has 0 N–H and O–H groups in total. The highest BCUT2D eigenvalue weighted by atomic mass is 28.4. The predicted molar refractivity (Wildman–Crippen MR) is 295 cm³/mol. The van der Waals surface area contributed by atoms with Crippen LogP contribution < -0.4 is 10.4 Å². The van der Waals surface area contributed by atoms with Gasteiger partial charge in [-0.1, -0.05) is 229 Å². The van der Waals surface area contributed by atoms with E-state index in [-0.39, 0.29) is 41.0 Å². The van der Waals surface area contributed by atoms with Gasteiger partial charge >= 0.3 is 5.97 Å². The molecule has 7 aromatic rings. The second-order valence-electron chi connectivity index (χ2n) is 21.1. The Kier molecular flexibility index (Phi) is 16.3. The molecule has 1 saturated heterocycles. The molecule has 1 aromatic heterocycles. The Morgan fingerprint density at radius 1 is 0.784 bits per heavy atom. The molecular weight excluding hydrogens is 931 g/mol. The summed E-state index contributed by atoms with van der Waals surface area (Å²) in [4.78, 5) is 13.8. The van der Waals surface area contributed by atoms with E-state index in [4.69, 9.17) is 19.1 Å². The Balaban J connectivity index is 1.02. The quantitative estimate of drug-likeness (QED) is 0.0244. The molecule has 378 valence electrons. The van der Waals surface area contributed by atoms with Gasteiger partial charge in [0.15, 0.2) is 5.82 Å². The van der Waals surface area contributed by atoms with Crippen molar-refractivity contribution >= 4 is 24.7 Å². The molecule has 74 heavy (non-hydrogen) atoms. The van der Waals surface area contributed by atoms with Crippen LogP contribution in [0.15, 0.2) is 205 Å². The fraction of sp³-hybridized carbons (Fsp3) is 0.328. The van der Waals surface area contributed by atoms with Crippen molar-refractivity contribution in [3.63, 3.8) is 0 Å². The lowest BCUT2D eigenvalue weighted by Gasteiger charge is -2.46. The summed E-state index contributed by atoms with van der Waals surface area (Å²) >= 11 is 0. The summed E-state index contributed by atoms with van der Waals surface area (Å²) in [5.41, 5.74) is 3.38. The highest BCUT2D eigenvalue weighted by Crippen LogP contribution is 2.49. The van der Waals surface area contributed by atoms with Crippen LogP contribution >= 0.6 is 0 Å². The maximum atomic E-state index is 13.8. The van der Waals surface area contributed by atoms with Crippen LogP contribution in [0.1, 0.15) is 112 Å². The number of aryl methyl sites for hydroxylation is 1. The van der Waals surface area contributed by atoms with Crippen LogP contribution in [0, 0.1) is 29.1 Å². The summed E-state index contributed by atoms with van der Waals surface area (Å²) in [5, 5.41) is 26.7. The molecule has 10 heteroatoms. The monoisotopic (exact) mass is 1000 g/mol. The van der Waals surface area contributed by atoms with Gasteiger partial charge in [-0.05, 0) is 79.8 Å². The van der Waals surface area contributed by atoms with Gasteiger partial charge < -0.3 is 13.9 Å². The number of hydrogen-bond acceptors (Lipinski definition) is 8. The summed E-state index contributed by atoms with van der Waals surface area (Å²) in [6.07, 6.45) is 9.55. The van der Waals surface area contributed by atoms with Gasteiger partial charge in [0.2, 0.25) is 0 Å². The van der Waals surface area contributed by atoms with Gasteiger partial charge in [0.1, 0.15) is 23.5 Å². The van der Waals surface area contributed by atoms with E-state index < -0.39 is 20.0 Å². The topological polar surface area (TPSA) is 112 Å². The van der Waals surface area contributed by atoms with Crippen LogP contribution in [0.4, 0.5) is 0 Å². The SMILES string of the molecule is CCCCC(C)[C@@H](/C=C/[C@@H]1[C@H]2C/C(=C(/C#N)CCCc3nnnn3C(c3ccccc3)(c3ccccc3)c3ccccc3)O[C@H]2C[C@H]1OC(=O)c1ccccc1)O[Si](c1ccccc1)(c1ccccc1)C(C)(C)C. The standard InChI is InChI=1S/C64H69N5O4Si/c1-6-7-27-47(2)57(73-74(63(3,4)5,53-37-22-12-23-38-53)54-39-24-13-25-40-54)43-42-55-56-44-58(71-60(56)45-59(55)72-62(70)48-28-14-8-15-29-48)49(46-65)30-26-41-61-66-67-68-69(61)64(50-31-16-9-17-32-50,51-33-18-10-19-34-51)52-35-20-11-21-36-52/h8-25,28-29,31-40,42-43,47,55-57,59-60H,6-7,26-27,30,41,44-45H2,1-5H3/b43-42+,58-49-/t47?,55-,56-,57-,59-,60+/m1/s1. The third-order valence-corrected chi connectivity index (χ3v) is 20.4. The fourth-order valence-corrected chi connectivity index (χ4v) is 16.4. The van der Waals surface area contributed by atoms with E-state index in [9.17, 15) is 10.1 Å². The zero-order valence-corrected chi connectivity index (χ0v) is 44.5. The Hall–Kier alpha value is -7.19. The molecule has 9 nitrogen and oxygen atoms in total. The van der Waals surface area contributed by atoms with E-state index in [1.165, 1.54) is 10.4 Å². The number of allylic oxidation sites excluding steroid dienone is 2. The number of fused-ring (bicyclic) bond motifs is 1. The average molecular weight is 1000 g/mol. The number of nitriles is 1. The van der Waals surface area contributed by atoms with E-state index >= 15 is 0 Å². The highest BCUT2D eigenvalue weighted by molar-refractivity contribution is 6.99. The van der Waals surface area contributed by atoms with Gasteiger partial charge in [-0.25, -0.2) is 9.48 Å². The molecule has 6 aromatic carbocycles. The molecule has 9 rings (SSSR count). The fourth-order valence-electron chi connectivity index (χ4n) is 11.7. The van der Waals surface area contributed by atoms with E-state index in [0.29, 0.717) is 49.1 Å². The lowest BCUT2D eigenvalue weighted by molar-refractivity contribution is 0.0202. The second kappa shape index (κ2) is 23.3. The van der Waals surface area contributed by atoms with Crippen molar-refractivity contribution in [1.82, 2.24) is 20.2 Å². The van der Waals surface area contributed by atoms with Crippen LogP contribution in [0.5, 0.6) is 0 Å². The third-order valence-electron chi connectivity index (χ3n) is 15.4. The van der Waals surface area contributed by atoms with Gasteiger partial charge in [-0.3, -0.25) is 0 Å². The van der Waals surface area contributed by atoms with E-state index in [1.807, 2.05) is 41.1 Å². The minimum Gasteiger partial charge on any atom is -0.493 e. The summed E-state index contributed by atoms with van der Waals surface area (Å²) < 4.78 is 23.1. The van der Waals surface area contributed by atoms with Gasteiger partial charge in [-0.15, -0.1) is 5.10 Å². The Labute approximate surface area is 439 Å². The van der Waals surface area contributed by atoms with Crippen molar-refractivity contribution in [3.8, 4) is 6.07 Å². The maximum absolute atomic E-state index is 13.8.